The third-order valence-electron chi connectivity index (χ3n) is 6.33. The fourth-order valence-corrected chi connectivity index (χ4v) is 5.03. The van der Waals surface area contributed by atoms with Crippen molar-refractivity contribution in [2.75, 3.05) is 43.4 Å². The van der Waals surface area contributed by atoms with Crippen LogP contribution in [0.15, 0.2) is 60.1 Å². The average Bonchev–Trinajstić information content (AvgIpc) is 3.49. The zero-order chi connectivity index (χ0) is 22.6. The molecule has 8 heteroatoms. The molecule has 0 saturated carbocycles. The van der Waals surface area contributed by atoms with Crippen LogP contribution in [0.1, 0.15) is 18.4 Å². The topological polar surface area (TPSA) is 49.2 Å². The van der Waals surface area contributed by atoms with Crippen LogP contribution in [0.4, 0.5) is 15.5 Å². The van der Waals surface area contributed by atoms with Crippen molar-refractivity contribution in [3.8, 4) is 0 Å². The number of benzene rings is 2. The standard InChI is InChI=1S/C25H29FN6S/c1-30(25-27-12-17-33-25)15-16-31-13-10-21(11-14-31)28-24-29-22-4-2-3-5-23(22)32(24)18-19-6-8-20(26)9-7-19/h2-9,12,17,21H,10-11,13-16,18H2,1H3,(H,28,29). The number of rotatable bonds is 8. The highest BCUT2D eigenvalue weighted by Gasteiger charge is 2.22. The van der Waals surface area contributed by atoms with E-state index in [0.29, 0.717) is 12.6 Å². The first-order valence-electron chi connectivity index (χ1n) is 11.4. The molecule has 0 atom stereocenters. The molecule has 0 aliphatic carbocycles. The number of para-hydroxylation sites is 2. The molecular weight excluding hydrogens is 435 g/mol. The summed E-state index contributed by atoms with van der Waals surface area (Å²) in [5.41, 5.74) is 3.12. The van der Waals surface area contributed by atoms with E-state index in [0.717, 1.165) is 66.7 Å². The van der Waals surface area contributed by atoms with Gasteiger partial charge in [-0.05, 0) is 42.7 Å². The maximum atomic E-state index is 13.4. The van der Waals surface area contributed by atoms with Gasteiger partial charge in [0.05, 0.1) is 17.6 Å². The van der Waals surface area contributed by atoms with Crippen molar-refractivity contribution in [3.05, 3.63) is 71.5 Å². The van der Waals surface area contributed by atoms with Crippen molar-refractivity contribution >= 4 is 33.5 Å². The number of fused-ring (bicyclic) bond motifs is 1. The molecule has 172 valence electrons. The summed E-state index contributed by atoms with van der Waals surface area (Å²) in [5.74, 6) is 0.680. The summed E-state index contributed by atoms with van der Waals surface area (Å²) >= 11 is 1.68. The molecule has 0 bridgehead atoms. The van der Waals surface area contributed by atoms with Gasteiger partial charge in [0.25, 0.3) is 0 Å². The highest BCUT2D eigenvalue weighted by atomic mass is 32.1. The first-order valence-corrected chi connectivity index (χ1v) is 12.3. The molecule has 0 spiro atoms. The molecule has 1 N–H and O–H groups in total. The fourth-order valence-electron chi connectivity index (χ4n) is 4.39. The van der Waals surface area contributed by atoms with Crippen LogP contribution in [0.2, 0.25) is 0 Å². The van der Waals surface area contributed by atoms with Gasteiger partial charge in [0, 0.05) is 50.8 Å². The summed E-state index contributed by atoms with van der Waals surface area (Å²) in [7, 11) is 2.11. The van der Waals surface area contributed by atoms with Gasteiger partial charge in [-0.1, -0.05) is 24.3 Å². The number of hydrogen-bond acceptors (Lipinski definition) is 6. The zero-order valence-corrected chi connectivity index (χ0v) is 19.6. The Morgan fingerprint density at radius 1 is 1.12 bits per heavy atom. The van der Waals surface area contributed by atoms with Crippen molar-refractivity contribution in [1.29, 1.82) is 0 Å². The second-order valence-corrected chi connectivity index (χ2v) is 9.51. The first kappa shape index (κ1) is 21.9. The predicted molar refractivity (Wildman–Crippen MR) is 134 cm³/mol. The molecule has 6 nitrogen and oxygen atoms in total. The lowest BCUT2D eigenvalue weighted by Crippen LogP contribution is -2.42. The molecule has 2 aromatic carbocycles. The number of likely N-dealkylation sites (N-methyl/N-ethyl adjacent to an activating group) is 1. The van der Waals surface area contributed by atoms with Crippen LogP contribution in [-0.4, -0.2) is 58.7 Å². The van der Waals surface area contributed by atoms with E-state index in [1.165, 1.54) is 12.1 Å². The van der Waals surface area contributed by atoms with Gasteiger partial charge in [-0.25, -0.2) is 14.4 Å². The molecule has 33 heavy (non-hydrogen) atoms. The second kappa shape index (κ2) is 9.89. The van der Waals surface area contributed by atoms with Crippen molar-refractivity contribution in [3.63, 3.8) is 0 Å². The minimum Gasteiger partial charge on any atom is -0.353 e. The summed E-state index contributed by atoms with van der Waals surface area (Å²) < 4.78 is 15.6. The lowest BCUT2D eigenvalue weighted by molar-refractivity contribution is 0.223. The zero-order valence-electron chi connectivity index (χ0n) is 18.8. The van der Waals surface area contributed by atoms with E-state index in [4.69, 9.17) is 4.98 Å². The van der Waals surface area contributed by atoms with E-state index in [9.17, 15) is 4.39 Å². The molecular formula is C25H29FN6S. The van der Waals surface area contributed by atoms with Crippen LogP contribution in [0.25, 0.3) is 11.0 Å². The molecule has 4 aromatic rings. The Kier molecular flexibility index (Phi) is 6.55. The van der Waals surface area contributed by atoms with Crippen molar-refractivity contribution < 1.29 is 4.39 Å². The minimum atomic E-state index is -0.211. The molecule has 5 rings (SSSR count). The van der Waals surface area contributed by atoms with E-state index in [-0.39, 0.29) is 5.82 Å². The number of thiazole rings is 1. The number of nitrogens with zero attached hydrogens (tertiary/aromatic N) is 5. The number of aromatic nitrogens is 3. The molecule has 1 aliphatic heterocycles. The van der Waals surface area contributed by atoms with Crippen LogP contribution in [0.3, 0.4) is 0 Å². The monoisotopic (exact) mass is 464 g/mol. The number of nitrogens with one attached hydrogen (secondary N) is 1. The number of anilines is 2. The van der Waals surface area contributed by atoms with Crippen molar-refractivity contribution in [1.82, 2.24) is 19.4 Å². The van der Waals surface area contributed by atoms with Gasteiger partial charge in [0.2, 0.25) is 5.95 Å². The van der Waals surface area contributed by atoms with Crippen LogP contribution < -0.4 is 10.2 Å². The first-order chi connectivity index (χ1) is 16.2. The summed E-state index contributed by atoms with van der Waals surface area (Å²) in [4.78, 5) is 14.0. The van der Waals surface area contributed by atoms with Gasteiger partial charge in [-0.2, -0.15) is 0 Å². The molecule has 1 saturated heterocycles. The smallest absolute Gasteiger partial charge is 0.204 e. The Bertz CT molecular complexity index is 1170. The molecule has 1 aliphatic rings. The van der Waals surface area contributed by atoms with Crippen molar-refractivity contribution in [2.24, 2.45) is 0 Å². The second-order valence-electron chi connectivity index (χ2n) is 8.63. The minimum absolute atomic E-state index is 0.211. The molecule has 1 fully saturated rings. The van der Waals surface area contributed by atoms with E-state index in [1.807, 2.05) is 41.9 Å². The summed E-state index contributed by atoms with van der Waals surface area (Å²) in [6, 6.07) is 15.3. The molecule has 2 aromatic heterocycles. The molecule has 0 unspecified atom stereocenters. The number of hydrogen-bond donors (Lipinski definition) is 1. The Morgan fingerprint density at radius 2 is 1.91 bits per heavy atom. The van der Waals surface area contributed by atoms with Gasteiger partial charge in [0.15, 0.2) is 5.13 Å². The Hall–Kier alpha value is -2.97. The number of piperidine rings is 1. The molecule has 0 amide bonds. The van der Waals surface area contributed by atoms with Gasteiger partial charge in [-0.3, -0.25) is 0 Å². The Balaban J connectivity index is 1.22. The van der Waals surface area contributed by atoms with Crippen LogP contribution in [0, 0.1) is 5.82 Å². The summed E-state index contributed by atoms with van der Waals surface area (Å²) in [6.45, 7) is 4.83. The Morgan fingerprint density at radius 3 is 2.67 bits per heavy atom. The third-order valence-corrected chi connectivity index (χ3v) is 7.21. The van der Waals surface area contributed by atoms with Crippen LogP contribution >= 0.6 is 11.3 Å². The quantitative estimate of drug-likeness (QED) is 0.410. The Labute approximate surface area is 197 Å². The maximum absolute atomic E-state index is 13.4. The predicted octanol–water partition coefficient (Wildman–Crippen LogP) is 4.69. The fraction of sp³-hybridized carbons (Fsp3) is 0.360. The van der Waals surface area contributed by atoms with E-state index < -0.39 is 0 Å². The van der Waals surface area contributed by atoms with Crippen LogP contribution in [-0.2, 0) is 6.54 Å². The number of halogens is 1. The largest absolute Gasteiger partial charge is 0.353 e. The van der Waals surface area contributed by atoms with E-state index in [1.54, 1.807) is 11.3 Å². The van der Waals surface area contributed by atoms with E-state index in [2.05, 4.69) is 37.8 Å². The normalized spacial score (nSPS) is 15.2. The molecule has 3 heterocycles. The van der Waals surface area contributed by atoms with Gasteiger partial charge in [0.1, 0.15) is 5.82 Å². The number of likely N-dealkylation sites (tertiary alicyclic amines) is 1. The van der Waals surface area contributed by atoms with Gasteiger partial charge >= 0.3 is 0 Å². The van der Waals surface area contributed by atoms with Crippen molar-refractivity contribution in [2.45, 2.75) is 25.4 Å². The summed E-state index contributed by atoms with van der Waals surface area (Å²) in [6.07, 6.45) is 4.03. The SMILES string of the molecule is CN(CCN1CCC(Nc2nc3ccccc3n2Cc2ccc(F)cc2)CC1)c1nccs1. The highest BCUT2D eigenvalue weighted by Crippen LogP contribution is 2.24. The average molecular weight is 465 g/mol. The summed E-state index contributed by atoms with van der Waals surface area (Å²) in [5, 5.41) is 6.81. The maximum Gasteiger partial charge on any atom is 0.204 e. The third kappa shape index (κ3) is 5.17. The van der Waals surface area contributed by atoms with Gasteiger partial charge < -0.3 is 19.7 Å². The van der Waals surface area contributed by atoms with Gasteiger partial charge in [-0.15, -0.1) is 11.3 Å². The lowest BCUT2D eigenvalue weighted by Gasteiger charge is -2.33. The lowest BCUT2D eigenvalue weighted by atomic mass is 10.1. The van der Waals surface area contributed by atoms with Crippen LogP contribution in [0.5, 0.6) is 0 Å². The number of imidazole rings is 1. The van der Waals surface area contributed by atoms with E-state index >= 15 is 0 Å². The molecule has 0 radical (unpaired) electrons. The highest BCUT2D eigenvalue weighted by molar-refractivity contribution is 7.13.